The number of halogens is 1. The molecular weight excluding hydrogens is 473 g/mol. The van der Waals surface area contributed by atoms with Crippen molar-refractivity contribution < 1.29 is 23.4 Å². The third-order valence-electron chi connectivity index (χ3n) is 5.33. The Balaban J connectivity index is 1.63. The Morgan fingerprint density at radius 3 is 2.08 bits per heavy atom. The molecule has 0 saturated carbocycles. The van der Waals surface area contributed by atoms with Gasteiger partial charge in [0, 0.05) is 23.7 Å². The van der Waals surface area contributed by atoms with Gasteiger partial charge in [0.1, 0.15) is 11.4 Å². The van der Waals surface area contributed by atoms with Gasteiger partial charge in [-0.3, -0.25) is 4.98 Å². The second kappa shape index (κ2) is 13.3. The summed E-state index contributed by atoms with van der Waals surface area (Å²) in [6, 6.07) is 20.1. The first-order chi connectivity index (χ1) is 17.7. The average molecular weight is 510 g/mol. The number of carbonyl (C=O) groups excluding carboxylic acids is 1. The van der Waals surface area contributed by atoms with E-state index in [-0.39, 0.29) is 19.3 Å². The predicted molar refractivity (Wildman–Crippen MR) is 143 cm³/mol. The van der Waals surface area contributed by atoms with Crippen LogP contribution < -0.4 is 4.90 Å². The molecule has 3 rings (SSSR count). The number of alkyl halides is 1. The smallest absolute Gasteiger partial charge is 0.369 e. The third kappa shape index (κ3) is 8.61. The zero-order chi connectivity index (χ0) is 26.8. The normalized spacial score (nSPS) is 12.4. The summed E-state index contributed by atoms with van der Waals surface area (Å²) >= 11 is 0. The molecule has 0 aliphatic heterocycles. The van der Waals surface area contributed by atoms with Crippen LogP contribution >= 0.6 is 0 Å². The number of benzene rings is 2. The minimum Gasteiger partial charge on any atom is -0.456 e. The Kier molecular flexibility index (Phi) is 10.1. The molecule has 37 heavy (non-hydrogen) atoms. The summed E-state index contributed by atoms with van der Waals surface area (Å²) in [4.78, 5) is 23.6. The maximum atomic E-state index is 13.8. The van der Waals surface area contributed by atoms with Crippen LogP contribution in [-0.2, 0) is 19.0 Å². The minimum absolute atomic E-state index is 0.0637. The standard InChI is InChI=1S/C29H36FN3O4/c1-21(2)33(16-17-35-18-19-36-27(30)28(34)37-29(3,4)5)24-20-31-25(22-12-8-6-9-13-22)26(32-24)23-14-10-7-11-15-23/h6-15,20-21,27H,16-19H2,1-5H3. The molecule has 1 heterocycles. The lowest BCUT2D eigenvalue weighted by atomic mass is 10.0. The Bertz CT molecular complexity index is 1120. The van der Waals surface area contributed by atoms with Crippen LogP contribution in [0.1, 0.15) is 34.6 Å². The van der Waals surface area contributed by atoms with Gasteiger partial charge in [-0.2, -0.15) is 0 Å². The Labute approximate surface area is 218 Å². The second-order valence-electron chi connectivity index (χ2n) is 9.78. The van der Waals surface area contributed by atoms with Gasteiger partial charge in [0.05, 0.1) is 37.4 Å². The van der Waals surface area contributed by atoms with Crippen molar-refractivity contribution >= 4 is 11.8 Å². The van der Waals surface area contributed by atoms with Gasteiger partial charge < -0.3 is 19.1 Å². The molecule has 0 spiro atoms. The second-order valence-corrected chi connectivity index (χ2v) is 9.78. The monoisotopic (exact) mass is 509 g/mol. The van der Waals surface area contributed by atoms with Gasteiger partial charge in [0.15, 0.2) is 0 Å². The van der Waals surface area contributed by atoms with Crippen molar-refractivity contribution in [2.24, 2.45) is 0 Å². The Hall–Kier alpha value is -3.36. The van der Waals surface area contributed by atoms with Gasteiger partial charge >= 0.3 is 5.97 Å². The summed E-state index contributed by atoms with van der Waals surface area (Å²) < 4.78 is 29.4. The quantitative estimate of drug-likeness (QED) is 0.229. The molecule has 2 aromatic carbocycles. The highest BCUT2D eigenvalue weighted by molar-refractivity contribution is 5.78. The number of carbonyl (C=O) groups is 1. The van der Waals surface area contributed by atoms with E-state index in [9.17, 15) is 9.18 Å². The number of anilines is 1. The van der Waals surface area contributed by atoms with Crippen LogP contribution in [0.4, 0.5) is 10.2 Å². The SMILES string of the molecule is CC(C)N(CCOCCOC(F)C(=O)OC(C)(C)C)c1cnc(-c2ccccc2)c(-c2ccccc2)n1. The number of rotatable bonds is 12. The summed E-state index contributed by atoms with van der Waals surface area (Å²) in [6.07, 6.45) is -0.350. The number of nitrogens with zero attached hydrogens (tertiary/aromatic N) is 3. The molecule has 0 N–H and O–H groups in total. The van der Waals surface area contributed by atoms with Crippen LogP contribution in [0.2, 0.25) is 0 Å². The molecule has 0 aliphatic rings. The maximum absolute atomic E-state index is 13.8. The van der Waals surface area contributed by atoms with Crippen molar-refractivity contribution in [2.75, 3.05) is 31.3 Å². The van der Waals surface area contributed by atoms with Crippen LogP contribution in [0.25, 0.3) is 22.5 Å². The zero-order valence-corrected chi connectivity index (χ0v) is 22.2. The van der Waals surface area contributed by atoms with E-state index in [0.717, 1.165) is 28.3 Å². The van der Waals surface area contributed by atoms with Crippen molar-refractivity contribution in [3.05, 3.63) is 66.9 Å². The average Bonchev–Trinajstić information content (AvgIpc) is 2.87. The van der Waals surface area contributed by atoms with E-state index >= 15 is 0 Å². The van der Waals surface area contributed by atoms with Gasteiger partial charge in [-0.1, -0.05) is 60.7 Å². The van der Waals surface area contributed by atoms with Crippen molar-refractivity contribution in [3.8, 4) is 22.5 Å². The third-order valence-corrected chi connectivity index (χ3v) is 5.33. The number of hydrogen-bond donors (Lipinski definition) is 0. The maximum Gasteiger partial charge on any atom is 0.369 e. The van der Waals surface area contributed by atoms with Gasteiger partial charge in [-0.25, -0.2) is 14.2 Å². The van der Waals surface area contributed by atoms with Crippen molar-refractivity contribution in [3.63, 3.8) is 0 Å². The van der Waals surface area contributed by atoms with Crippen molar-refractivity contribution in [2.45, 2.75) is 52.6 Å². The van der Waals surface area contributed by atoms with Crippen molar-refractivity contribution in [1.82, 2.24) is 9.97 Å². The molecule has 1 aromatic heterocycles. The van der Waals surface area contributed by atoms with Crippen LogP contribution in [0, 0.1) is 0 Å². The number of ether oxygens (including phenoxy) is 3. The van der Waals surface area contributed by atoms with Crippen LogP contribution in [0.3, 0.4) is 0 Å². The molecular formula is C29H36FN3O4. The molecule has 1 atom stereocenters. The minimum atomic E-state index is -2.13. The molecule has 7 nitrogen and oxygen atoms in total. The van der Waals surface area contributed by atoms with Gasteiger partial charge in [-0.15, -0.1) is 0 Å². The van der Waals surface area contributed by atoms with Crippen LogP contribution in [0.5, 0.6) is 0 Å². The molecule has 3 aromatic rings. The number of esters is 1. The zero-order valence-electron chi connectivity index (χ0n) is 22.2. The summed E-state index contributed by atoms with van der Waals surface area (Å²) in [5.74, 6) is -0.299. The number of hydrogen-bond acceptors (Lipinski definition) is 7. The fraction of sp³-hybridized carbons (Fsp3) is 0.414. The van der Waals surface area contributed by atoms with E-state index in [2.05, 4.69) is 18.7 Å². The summed E-state index contributed by atoms with van der Waals surface area (Å²) in [5.41, 5.74) is 2.83. The molecule has 0 aliphatic carbocycles. The van der Waals surface area contributed by atoms with E-state index < -0.39 is 17.9 Å². The first kappa shape index (κ1) is 28.2. The summed E-state index contributed by atoms with van der Waals surface area (Å²) in [7, 11) is 0. The highest BCUT2D eigenvalue weighted by Gasteiger charge is 2.25. The molecule has 0 bridgehead atoms. The number of aromatic nitrogens is 2. The molecule has 0 amide bonds. The topological polar surface area (TPSA) is 73.8 Å². The highest BCUT2D eigenvalue weighted by Crippen LogP contribution is 2.30. The molecule has 0 saturated heterocycles. The molecule has 0 radical (unpaired) electrons. The van der Waals surface area contributed by atoms with Crippen LogP contribution in [0.15, 0.2) is 66.9 Å². The highest BCUT2D eigenvalue weighted by atomic mass is 19.1. The molecule has 0 fully saturated rings. The molecule has 1 unspecified atom stereocenters. The fourth-order valence-corrected chi connectivity index (χ4v) is 3.65. The van der Waals surface area contributed by atoms with Gasteiger partial charge in [0.2, 0.25) is 0 Å². The van der Waals surface area contributed by atoms with Crippen molar-refractivity contribution in [1.29, 1.82) is 0 Å². The summed E-state index contributed by atoms with van der Waals surface area (Å²) in [6.45, 7) is 10.2. The predicted octanol–water partition coefficient (Wildman–Crippen LogP) is 5.70. The lowest BCUT2D eigenvalue weighted by molar-refractivity contribution is -0.182. The first-order valence-electron chi connectivity index (χ1n) is 12.5. The van der Waals surface area contributed by atoms with Gasteiger partial charge in [0.25, 0.3) is 6.36 Å². The lowest BCUT2D eigenvalue weighted by Crippen LogP contribution is -2.35. The Morgan fingerprint density at radius 1 is 0.919 bits per heavy atom. The largest absolute Gasteiger partial charge is 0.456 e. The Morgan fingerprint density at radius 2 is 1.51 bits per heavy atom. The molecule has 8 heteroatoms. The van der Waals surface area contributed by atoms with E-state index in [1.54, 1.807) is 27.0 Å². The van der Waals surface area contributed by atoms with E-state index in [1.807, 2.05) is 60.7 Å². The van der Waals surface area contributed by atoms with E-state index in [1.165, 1.54) is 0 Å². The fourth-order valence-electron chi connectivity index (χ4n) is 3.65. The molecule has 198 valence electrons. The lowest BCUT2D eigenvalue weighted by Gasteiger charge is -2.28. The first-order valence-corrected chi connectivity index (χ1v) is 12.5. The summed E-state index contributed by atoms with van der Waals surface area (Å²) in [5, 5.41) is 0. The van der Waals surface area contributed by atoms with E-state index in [0.29, 0.717) is 13.2 Å². The van der Waals surface area contributed by atoms with Gasteiger partial charge in [-0.05, 0) is 34.6 Å². The van der Waals surface area contributed by atoms with E-state index in [4.69, 9.17) is 24.2 Å². The van der Waals surface area contributed by atoms with Crippen LogP contribution in [-0.4, -0.2) is 60.3 Å².